The zero-order valence-corrected chi connectivity index (χ0v) is 13.9. The lowest BCUT2D eigenvalue weighted by molar-refractivity contribution is 0.112. The summed E-state index contributed by atoms with van der Waals surface area (Å²) in [6.45, 7) is 10.4. The van der Waals surface area contributed by atoms with Crippen LogP contribution in [0.3, 0.4) is 0 Å². The molecule has 0 bridgehead atoms. The standard InChI is InChI=1S/C19H30N2/c1-14-11-16(3)17(12-15(14)2)13-21-10-5-4-8-19(21)18-7-6-9-20-18/h11-12,18-20H,4-10,13H2,1-3H3. The van der Waals surface area contributed by atoms with Gasteiger partial charge in [0.05, 0.1) is 0 Å². The Bertz CT molecular complexity index is 489. The molecule has 2 unspecified atom stereocenters. The minimum Gasteiger partial charge on any atom is -0.312 e. The molecule has 2 heterocycles. The van der Waals surface area contributed by atoms with Crippen molar-refractivity contribution in [1.82, 2.24) is 10.2 Å². The Morgan fingerprint density at radius 3 is 2.57 bits per heavy atom. The van der Waals surface area contributed by atoms with Crippen molar-refractivity contribution in [1.29, 1.82) is 0 Å². The van der Waals surface area contributed by atoms with Crippen molar-refractivity contribution in [3.05, 3.63) is 34.4 Å². The summed E-state index contributed by atoms with van der Waals surface area (Å²) in [6.07, 6.45) is 6.88. The summed E-state index contributed by atoms with van der Waals surface area (Å²) in [5.74, 6) is 0. The van der Waals surface area contributed by atoms with E-state index in [0.29, 0.717) is 0 Å². The molecule has 21 heavy (non-hydrogen) atoms. The molecule has 0 radical (unpaired) electrons. The van der Waals surface area contributed by atoms with Crippen LogP contribution in [0, 0.1) is 20.8 Å². The van der Waals surface area contributed by atoms with Gasteiger partial charge < -0.3 is 5.32 Å². The maximum atomic E-state index is 3.74. The molecule has 0 amide bonds. The fourth-order valence-corrected chi connectivity index (χ4v) is 4.12. The van der Waals surface area contributed by atoms with Gasteiger partial charge in [-0.1, -0.05) is 18.6 Å². The van der Waals surface area contributed by atoms with E-state index in [1.165, 1.54) is 67.4 Å². The molecule has 2 saturated heterocycles. The molecule has 2 nitrogen and oxygen atoms in total. The van der Waals surface area contributed by atoms with E-state index in [-0.39, 0.29) is 0 Å². The summed E-state index contributed by atoms with van der Waals surface area (Å²) in [4.78, 5) is 2.75. The number of hydrogen-bond acceptors (Lipinski definition) is 2. The zero-order chi connectivity index (χ0) is 14.8. The maximum absolute atomic E-state index is 3.74. The normalized spacial score (nSPS) is 27.2. The molecular formula is C19H30N2. The highest BCUT2D eigenvalue weighted by molar-refractivity contribution is 5.36. The topological polar surface area (TPSA) is 15.3 Å². The summed E-state index contributed by atoms with van der Waals surface area (Å²) >= 11 is 0. The molecule has 2 atom stereocenters. The van der Waals surface area contributed by atoms with Crippen molar-refractivity contribution in [3.8, 4) is 0 Å². The molecule has 3 rings (SSSR count). The third-order valence-corrected chi connectivity index (χ3v) is 5.55. The summed E-state index contributed by atoms with van der Waals surface area (Å²) in [5.41, 5.74) is 5.84. The van der Waals surface area contributed by atoms with Crippen molar-refractivity contribution in [2.24, 2.45) is 0 Å². The molecule has 1 aromatic rings. The average Bonchev–Trinajstić information content (AvgIpc) is 2.99. The van der Waals surface area contributed by atoms with Gasteiger partial charge >= 0.3 is 0 Å². The summed E-state index contributed by atoms with van der Waals surface area (Å²) in [6, 6.07) is 6.26. The molecular weight excluding hydrogens is 256 g/mol. The van der Waals surface area contributed by atoms with Gasteiger partial charge in [0.25, 0.3) is 0 Å². The van der Waals surface area contributed by atoms with Gasteiger partial charge in [0.1, 0.15) is 0 Å². The Morgan fingerprint density at radius 2 is 1.81 bits per heavy atom. The van der Waals surface area contributed by atoms with Crippen LogP contribution in [-0.4, -0.2) is 30.1 Å². The van der Waals surface area contributed by atoms with Crippen LogP contribution in [0.15, 0.2) is 12.1 Å². The second kappa shape index (κ2) is 6.50. The Hall–Kier alpha value is -0.860. The highest BCUT2D eigenvalue weighted by Gasteiger charge is 2.31. The van der Waals surface area contributed by atoms with Crippen LogP contribution in [0.1, 0.15) is 54.4 Å². The quantitative estimate of drug-likeness (QED) is 0.911. The number of likely N-dealkylation sites (tertiary alicyclic amines) is 1. The number of benzene rings is 1. The van der Waals surface area contributed by atoms with Gasteiger partial charge in [-0.25, -0.2) is 0 Å². The molecule has 0 aliphatic carbocycles. The second-order valence-electron chi connectivity index (χ2n) is 7.10. The fourth-order valence-electron chi connectivity index (χ4n) is 4.12. The Labute approximate surface area is 129 Å². The van der Waals surface area contributed by atoms with E-state index in [0.717, 1.165) is 18.6 Å². The van der Waals surface area contributed by atoms with Crippen LogP contribution >= 0.6 is 0 Å². The van der Waals surface area contributed by atoms with Crippen molar-refractivity contribution in [2.75, 3.05) is 13.1 Å². The average molecular weight is 286 g/mol. The predicted molar refractivity (Wildman–Crippen MR) is 89.7 cm³/mol. The molecule has 116 valence electrons. The van der Waals surface area contributed by atoms with Crippen LogP contribution in [0.25, 0.3) is 0 Å². The molecule has 2 heteroatoms. The fraction of sp³-hybridized carbons (Fsp3) is 0.684. The van der Waals surface area contributed by atoms with E-state index in [2.05, 4.69) is 43.1 Å². The number of piperidine rings is 1. The van der Waals surface area contributed by atoms with Crippen LogP contribution in [0.4, 0.5) is 0 Å². The van der Waals surface area contributed by atoms with Crippen LogP contribution in [0.5, 0.6) is 0 Å². The van der Waals surface area contributed by atoms with E-state index < -0.39 is 0 Å². The van der Waals surface area contributed by atoms with Gasteiger partial charge in [-0.15, -0.1) is 0 Å². The first-order valence-corrected chi connectivity index (χ1v) is 8.69. The molecule has 0 spiro atoms. The number of rotatable bonds is 3. The Balaban J connectivity index is 1.76. The van der Waals surface area contributed by atoms with E-state index in [9.17, 15) is 0 Å². The van der Waals surface area contributed by atoms with E-state index in [1.54, 1.807) is 0 Å². The molecule has 2 aliphatic heterocycles. The lowest BCUT2D eigenvalue weighted by atomic mass is 9.93. The molecule has 1 aromatic carbocycles. The zero-order valence-electron chi connectivity index (χ0n) is 13.9. The number of hydrogen-bond donors (Lipinski definition) is 1. The van der Waals surface area contributed by atoms with Gasteiger partial charge in [-0.2, -0.15) is 0 Å². The van der Waals surface area contributed by atoms with Crippen molar-refractivity contribution in [3.63, 3.8) is 0 Å². The van der Waals surface area contributed by atoms with Crippen molar-refractivity contribution < 1.29 is 0 Å². The van der Waals surface area contributed by atoms with E-state index >= 15 is 0 Å². The predicted octanol–water partition coefficient (Wildman–Crippen LogP) is 3.72. The molecule has 2 aliphatic rings. The smallest absolute Gasteiger partial charge is 0.0252 e. The SMILES string of the molecule is Cc1cc(C)c(CN2CCCCC2C2CCCN2)cc1C. The van der Waals surface area contributed by atoms with Crippen LogP contribution < -0.4 is 5.32 Å². The van der Waals surface area contributed by atoms with Crippen LogP contribution in [-0.2, 0) is 6.54 Å². The van der Waals surface area contributed by atoms with Crippen molar-refractivity contribution >= 4 is 0 Å². The summed E-state index contributed by atoms with van der Waals surface area (Å²) in [5, 5.41) is 3.74. The van der Waals surface area contributed by atoms with Gasteiger partial charge in [0.15, 0.2) is 0 Å². The Kier molecular flexibility index (Phi) is 4.66. The maximum Gasteiger partial charge on any atom is 0.0252 e. The largest absolute Gasteiger partial charge is 0.312 e. The molecule has 1 N–H and O–H groups in total. The third-order valence-electron chi connectivity index (χ3n) is 5.55. The van der Waals surface area contributed by atoms with Gasteiger partial charge in [0, 0.05) is 18.6 Å². The third kappa shape index (κ3) is 3.32. The van der Waals surface area contributed by atoms with Gasteiger partial charge in [0.2, 0.25) is 0 Å². The number of nitrogens with zero attached hydrogens (tertiary/aromatic N) is 1. The molecule has 0 aromatic heterocycles. The first-order chi connectivity index (χ1) is 10.1. The Morgan fingerprint density at radius 1 is 1.00 bits per heavy atom. The molecule has 2 fully saturated rings. The van der Waals surface area contributed by atoms with Crippen LogP contribution in [0.2, 0.25) is 0 Å². The van der Waals surface area contributed by atoms with Gasteiger partial charge in [-0.3, -0.25) is 4.90 Å². The highest BCUT2D eigenvalue weighted by atomic mass is 15.2. The minimum absolute atomic E-state index is 0.733. The molecule has 0 saturated carbocycles. The van der Waals surface area contributed by atoms with Gasteiger partial charge in [-0.05, 0) is 81.8 Å². The first kappa shape index (κ1) is 15.1. The lowest BCUT2D eigenvalue weighted by Gasteiger charge is -2.39. The minimum atomic E-state index is 0.733. The van der Waals surface area contributed by atoms with E-state index in [1.807, 2.05) is 0 Å². The lowest BCUT2D eigenvalue weighted by Crippen LogP contribution is -2.49. The second-order valence-corrected chi connectivity index (χ2v) is 7.10. The summed E-state index contributed by atoms with van der Waals surface area (Å²) < 4.78 is 0. The summed E-state index contributed by atoms with van der Waals surface area (Å²) in [7, 11) is 0. The first-order valence-electron chi connectivity index (χ1n) is 8.69. The monoisotopic (exact) mass is 286 g/mol. The number of aryl methyl sites for hydroxylation is 3. The van der Waals surface area contributed by atoms with E-state index in [4.69, 9.17) is 0 Å². The number of nitrogens with one attached hydrogen (secondary N) is 1. The highest BCUT2D eigenvalue weighted by Crippen LogP contribution is 2.27. The van der Waals surface area contributed by atoms with Crippen molar-refractivity contribution in [2.45, 2.75) is 71.5 Å².